The fraction of sp³-hybridized carbons (Fsp3) is 0.474. The number of benzene rings is 1. The smallest absolute Gasteiger partial charge is 0.319 e. The van der Waals surface area contributed by atoms with E-state index in [0.717, 1.165) is 35.5 Å². The largest absolute Gasteiger partial charge is 0.441 e. The number of anilines is 1. The van der Waals surface area contributed by atoms with Gasteiger partial charge >= 0.3 is 6.03 Å². The minimum atomic E-state index is -0.192. The fourth-order valence-electron chi connectivity index (χ4n) is 2.37. The molecule has 1 unspecified atom stereocenters. The average Bonchev–Trinajstić information content (AvgIpc) is 2.85. The highest BCUT2D eigenvalue weighted by Crippen LogP contribution is 2.24. The van der Waals surface area contributed by atoms with E-state index in [1.165, 1.54) is 0 Å². The summed E-state index contributed by atoms with van der Waals surface area (Å²) in [5.41, 5.74) is 2.44. The van der Waals surface area contributed by atoms with Crippen molar-refractivity contribution in [2.45, 2.75) is 53.5 Å². The molecule has 130 valence electrons. The number of aryl methyl sites for hydroxylation is 2. The van der Waals surface area contributed by atoms with Crippen LogP contribution < -0.4 is 10.6 Å². The number of nitrogens with zero attached hydrogens (tertiary/aromatic N) is 1. The Morgan fingerprint density at radius 3 is 2.58 bits per heavy atom. The molecule has 0 bridgehead atoms. The van der Waals surface area contributed by atoms with Crippen molar-refractivity contribution >= 4 is 11.7 Å². The van der Waals surface area contributed by atoms with E-state index in [9.17, 15) is 4.79 Å². The van der Waals surface area contributed by atoms with Gasteiger partial charge in [-0.3, -0.25) is 0 Å². The SMILES string of the molecule is Cc1nc(-c2cccc(NC(=O)NC(C)CCC(C)C)c2)oc1C. The number of amides is 2. The third-order valence-electron chi connectivity index (χ3n) is 3.95. The first-order chi connectivity index (χ1) is 11.3. The van der Waals surface area contributed by atoms with Crippen LogP contribution in [0.25, 0.3) is 11.5 Å². The van der Waals surface area contributed by atoms with E-state index in [1.54, 1.807) is 0 Å². The van der Waals surface area contributed by atoms with Gasteiger partial charge in [-0.1, -0.05) is 19.9 Å². The summed E-state index contributed by atoms with van der Waals surface area (Å²) in [6.07, 6.45) is 2.07. The van der Waals surface area contributed by atoms with Crippen molar-refractivity contribution in [3.63, 3.8) is 0 Å². The van der Waals surface area contributed by atoms with Gasteiger partial charge in [0.1, 0.15) is 5.76 Å². The Balaban J connectivity index is 1.97. The first-order valence-corrected chi connectivity index (χ1v) is 8.47. The Kier molecular flexibility index (Phi) is 6.01. The molecule has 2 N–H and O–H groups in total. The van der Waals surface area contributed by atoms with Crippen molar-refractivity contribution in [2.24, 2.45) is 5.92 Å². The maximum Gasteiger partial charge on any atom is 0.319 e. The van der Waals surface area contributed by atoms with E-state index in [4.69, 9.17) is 4.42 Å². The lowest BCUT2D eigenvalue weighted by Gasteiger charge is -2.15. The molecule has 0 radical (unpaired) electrons. The standard InChI is InChI=1S/C19H27N3O2/c1-12(2)9-10-13(3)20-19(23)22-17-8-6-7-16(11-17)18-21-14(4)15(5)24-18/h6-8,11-13H,9-10H2,1-5H3,(H2,20,22,23). The van der Waals surface area contributed by atoms with Gasteiger partial charge in [0.05, 0.1) is 5.69 Å². The molecule has 5 nitrogen and oxygen atoms in total. The molecule has 2 rings (SSSR count). The number of hydrogen-bond acceptors (Lipinski definition) is 3. The van der Waals surface area contributed by atoms with E-state index in [-0.39, 0.29) is 12.1 Å². The lowest BCUT2D eigenvalue weighted by molar-refractivity contribution is 0.248. The van der Waals surface area contributed by atoms with Crippen LogP contribution in [-0.4, -0.2) is 17.1 Å². The van der Waals surface area contributed by atoms with Gasteiger partial charge < -0.3 is 15.1 Å². The normalized spacial score (nSPS) is 12.2. The molecular formula is C19H27N3O2. The molecule has 1 atom stereocenters. The molecule has 1 aromatic heterocycles. The monoisotopic (exact) mass is 329 g/mol. The number of aromatic nitrogens is 1. The zero-order valence-electron chi connectivity index (χ0n) is 15.1. The lowest BCUT2D eigenvalue weighted by atomic mass is 10.0. The predicted molar refractivity (Wildman–Crippen MR) is 97.1 cm³/mol. The summed E-state index contributed by atoms with van der Waals surface area (Å²) in [4.78, 5) is 16.5. The van der Waals surface area contributed by atoms with E-state index < -0.39 is 0 Å². The van der Waals surface area contributed by atoms with Crippen LogP contribution in [0.1, 0.15) is 45.1 Å². The van der Waals surface area contributed by atoms with Crippen molar-refractivity contribution in [2.75, 3.05) is 5.32 Å². The molecule has 5 heteroatoms. The second-order valence-corrected chi connectivity index (χ2v) is 6.71. The topological polar surface area (TPSA) is 67.2 Å². The summed E-state index contributed by atoms with van der Waals surface area (Å²) in [7, 11) is 0. The molecule has 0 aliphatic carbocycles. The van der Waals surface area contributed by atoms with Gasteiger partial charge in [0.25, 0.3) is 0 Å². The van der Waals surface area contributed by atoms with Crippen molar-refractivity contribution in [1.29, 1.82) is 0 Å². The van der Waals surface area contributed by atoms with E-state index in [2.05, 4.69) is 29.5 Å². The Hall–Kier alpha value is -2.30. The van der Waals surface area contributed by atoms with Crippen molar-refractivity contribution in [3.8, 4) is 11.5 Å². The molecule has 1 aromatic carbocycles. The van der Waals surface area contributed by atoms with Crippen LogP contribution in [-0.2, 0) is 0 Å². The lowest BCUT2D eigenvalue weighted by Crippen LogP contribution is -2.36. The summed E-state index contributed by atoms with van der Waals surface area (Å²) < 4.78 is 5.64. The van der Waals surface area contributed by atoms with Crippen molar-refractivity contribution in [1.82, 2.24) is 10.3 Å². The number of carbonyl (C=O) groups excluding carboxylic acids is 1. The molecule has 2 amide bonds. The first-order valence-electron chi connectivity index (χ1n) is 8.47. The zero-order chi connectivity index (χ0) is 17.7. The average molecular weight is 329 g/mol. The third kappa shape index (κ3) is 5.11. The van der Waals surface area contributed by atoms with Gasteiger partial charge in [-0.05, 0) is 57.7 Å². The zero-order valence-corrected chi connectivity index (χ0v) is 15.1. The molecule has 0 spiro atoms. The summed E-state index contributed by atoms with van der Waals surface area (Å²) in [6.45, 7) is 10.2. The molecular weight excluding hydrogens is 302 g/mol. The summed E-state index contributed by atoms with van der Waals surface area (Å²) in [6, 6.07) is 7.46. The highest BCUT2D eigenvalue weighted by atomic mass is 16.4. The molecule has 1 heterocycles. The molecule has 0 fully saturated rings. The minimum absolute atomic E-state index is 0.146. The van der Waals surface area contributed by atoms with Gasteiger partial charge in [0.15, 0.2) is 0 Å². The van der Waals surface area contributed by atoms with Crippen molar-refractivity contribution < 1.29 is 9.21 Å². The second kappa shape index (κ2) is 7.99. The van der Waals surface area contributed by atoms with E-state index in [0.29, 0.717) is 11.8 Å². The number of carbonyl (C=O) groups is 1. The number of urea groups is 1. The second-order valence-electron chi connectivity index (χ2n) is 6.71. The highest BCUT2D eigenvalue weighted by molar-refractivity contribution is 5.90. The van der Waals surface area contributed by atoms with Gasteiger partial charge in [-0.2, -0.15) is 0 Å². The Bertz CT molecular complexity index is 672. The summed E-state index contributed by atoms with van der Waals surface area (Å²) >= 11 is 0. The quantitative estimate of drug-likeness (QED) is 0.791. The summed E-state index contributed by atoms with van der Waals surface area (Å²) in [5.74, 6) is 2.01. The van der Waals surface area contributed by atoms with Crippen LogP contribution in [0.3, 0.4) is 0 Å². The summed E-state index contributed by atoms with van der Waals surface area (Å²) in [5, 5.41) is 5.84. The maximum absolute atomic E-state index is 12.1. The number of hydrogen-bond donors (Lipinski definition) is 2. The maximum atomic E-state index is 12.1. The van der Waals surface area contributed by atoms with Gasteiger partial charge in [-0.15, -0.1) is 0 Å². The van der Waals surface area contributed by atoms with Crippen LogP contribution in [0.5, 0.6) is 0 Å². The molecule has 0 aliphatic heterocycles. The molecule has 24 heavy (non-hydrogen) atoms. The molecule has 0 saturated carbocycles. The van der Waals surface area contributed by atoms with Crippen LogP contribution >= 0.6 is 0 Å². The van der Waals surface area contributed by atoms with E-state index >= 15 is 0 Å². The molecule has 2 aromatic rings. The third-order valence-corrected chi connectivity index (χ3v) is 3.95. The number of rotatable bonds is 6. The Labute approximate surface area is 143 Å². The van der Waals surface area contributed by atoms with Gasteiger partial charge in [0, 0.05) is 17.3 Å². The Morgan fingerprint density at radius 1 is 1.21 bits per heavy atom. The van der Waals surface area contributed by atoms with Gasteiger partial charge in [-0.25, -0.2) is 9.78 Å². The predicted octanol–water partition coefficient (Wildman–Crippen LogP) is 4.90. The van der Waals surface area contributed by atoms with Crippen LogP contribution in [0.15, 0.2) is 28.7 Å². The Morgan fingerprint density at radius 2 is 1.96 bits per heavy atom. The molecule has 0 saturated heterocycles. The highest BCUT2D eigenvalue weighted by Gasteiger charge is 2.11. The van der Waals surface area contributed by atoms with Crippen molar-refractivity contribution in [3.05, 3.63) is 35.7 Å². The van der Waals surface area contributed by atoms with Crippen LogP contribution in [0.2, 0.25) is 0 Å². The fourth-order valence-corrected chi connectivity index (χ4v) is 2.37. The molecule has 0 aliphatic rings. The first kappa shape index (κ1) is 18.0. The van der Waals surface area contributed by atoms with Crippen LogP contribution in [0.4, 0.5) is 10.5 Å². The number of nitrogens with one attached hydrogen (secondary N) is 2. The van der Waals surface area contributed by atoms with E-state index in [1.807, 2.05) is 45.0 Å². The number of oxazole rings is 1. The minimum Gasteiger partial charge on any atom is -0.441 e. The van der Waals surface area contributed by atoms with Gasteiger partial charge in [0.2, 0.25) is 5.89 Å². The van der Waals surface area contributed by atoms with Crippen LogP contribution in [0, 0.1) is 19.8 Å².